The van der Waals surface area contributed by atoms with Crippen molar-refractivity contribution in [1.82, 2.24) is 4.98 Å². The first-order valence-electron chi connectivity index (χ1n) is 5.00. The molecule has 2 rings (SSSR count). The van der Waals surface area contributed by atoms with Crippen LogP contribution in [0.2, 0.25) is 0 Å². The molecule has 0 bridgehead atoms. The van der Waals surface area contributed by atoms with Crippen molar-refractivity contribution in [3.05, 3.63) is 40.4 Å². The van der Waals surface area contributed by atoms with Gasteiger partial charge >= 0.3 is 0 Å². The third-order valence-electron chi connectivity index (χ3n) is 2.32. The minimum absolute atomic E-state index is 0.0976. The zero-order valence-corrected chi connectivity index (χ0v) is 10.9. The highest BCUT2D eigenvalue weighted by molar-refractivity contribution is 8.01. The van der Waals surface area contributed by atoms with Gasteiger partial charge in [-0.15, -0.1) is 11.3 Å². The van der Waals surface area contributed by atoms with Crippen molar-refractivity contribution in [1.29, 1.82) is 0 Å². The molecule has 16 heavy (non-hydrogen) atoms. The maximum atomic E-state index is 8.94. The number of benzene rings is 1. The third kappa shape index (κ3) is 2.64. The summed E-state index contributed by atoms with van der Waals surface area (Å²) in [4.78, 5) is 6.91. The molecule has 4 heteroatoms. The van der Waals surface area contributed by atoms with Crippen molar-refractivity contribution in [2.75, 3.05) is 0 Å². The van der Waals surface area contributed by atoms with Gasteiger partial charge in [0.15, 0.2) is 4.34 Å². The Hall–Kier alpha value is -0.840. The van der Waals surface area contributed by atoms with Gasteiger partial charge in [-0.3, -0.25) is 0 Å². The van der Waals surface area contributed by atoms with Crippen LogP contribution >= 0.6 is 23.1 Å². The molecule has 0 atom stereocenters. The van der Waals surface area contributed by atoms with Crippen LogP contribution in [0.15, 0.2) is 33.5 Å². The molecule has 0 saturated carbocycles. The Labute approximate surface area is 103 Å². The van der Waals surface area contributed by atoms with Crippen LogP contribution in [0.25, 0.3) is 0 Å². The normalized spacial score (nSPS) is 10.7. The number of aliphatic hydroxyl groups excluding tert-OH is 1. The van der Waals surface area contributed by atoms with Crippen LogP contribution in [0.5, 0.6) is 0 Å². The van der Waals surface area contributed by atoms with E-state index in [9.17, 15) is 0 Å². The lowest BCUT2D eigenvalue weighted by Crippen LogP contribution is -1.81. The van der Waals surface area contributed by atoms with Gasteiger partial charge in [-0.05, 0) is 31.5 Å². The van der Waals surface area contributed by atoms with Crippen molar-refractivity contribution in [3.8, 4) is 0 Å². The molecule has 0 unspecified atom stereocenters. The summed E-state index contributed by atoms with van der Waals surface area (Å²) in [5.41, 5.74) is 2.05. The lowest BCUT2D eigenvalue weighted by Gasteiger charge is -1.99. The minimum atomic E-state index is 0.0976. The fraction of sp³-hybridized carbons (Fsp3) is 0.250. The molecule has 0 spiro atoms. The number of aromatic nitrogens is 1. The summed E-state index contributed by atoms with van der Waals surface area (Å²) in [5.74, 6) is 0. The van der Waals surface area contributed by atoms with E-state index in [-0.39, 0.29) is 6.61 Å². The summed E-state index contributed by atoms with van der Waals surface area (Å²) >= 11 is 3.39. The van der Waals surface area contributed by atoms with Gasteiger partial charge < -0.3 is 5.11 Å². The molecule has 0 radical (unpaired) electrons. The lowest BCUT2D eigenvalue weighted by molar-refractivity contribution is 0.282. The number of aliphatic hydroxyl groups is 1. The molecule has 0 aliphatic heterocycles. The fourth-order valence-corrected chi connectivity index (χ4v) is 3.38. The highest BCUT2D eigenvalue weighted by atomic mass is 32.2. The first-order chi connectivity index (χ1) is 7.69. The Balaban J connectivity index is 2.14. The number of thiazole rings is 1. The second-order valence-corrected chi connectivity index (χ2v) is 6.05. The van der Waals surface area contributed by atoms with Gasteiger partial charge in [0.1, 0.15) is 0 Å². The van der Waals surface area contributed by atoms with Crippen LogP contribution in [0.4, 0.5) is 0 Å². The molecule has 1 aromatic carbocycles. The molecule has 2 nitrogen and oxygen atoms in total. The smallest absolute Gasteiger partial charge is 0.155 e. The first kappa shape index (κ1) is 11.6. The average Bonchev–Trinajstić information content (AvgIpc) is 2.59. The zero-order chi connectivity index (χ0) is 11.5. The zero-order valence-electron chi connectivity index (χ0n) is 9.23. The van der Waals surface area contributed by atoms with Crippen molar-refractivity contribution < 1.29 is 5.11 Å². The second-order valence-electron chi connectivity index (χ2n) is 3.53. The van der Waals surface area contributed by atoms with E-state index >= 15 is 0 Å². The van der Waals surface area contributed by atoms with E-state index < -0.39 is 0 Å². The average molecular weight is 251 g/mol. The number of aryl methyl sites for hydroxylation is 2. The molecule has 0 aliphatic rings. The van der Waals surface area contributed by atoms with Crippen LogP contribution < -0.4 is 0 Å². The van der Waals surface area contributed by atoms with Crippen LogP contribution in [0.3, 0.4) is 0 Å². The van der Waals surface area contributed by atoms with Gasteiger partial charge in [0.25, 0.3) is 0 Å². The number of nitrogens with zero attached hydrogens (tertiary/aromatic N) is 1. The van der Waals surface area contributed by atoms with Gasteiger partial charge in [0, 0.05) is 9.77 Å². The standard InChI is InChI=1S/C12H13NOS2/c1-8-9(2)15-12(13-8)16-11-5-3-10(7-14)4-6-11/h3-6,14H,7H2,1-2H3. The molecule has 1 aromatic heterocycles. The van der Waals surface area contributed by atoms with Gasteiger partial charge in [-0.25, -0.2) is 4.98 Å². The SMILES string of the molecule is Cc1nc(Sc2ccc(CO)cc2)sc1C. The number of hydrogen-bond donors (Lipinski definition) is 1. The highest BCUT2D eigenvalue weighted by Crippen LogP contribution is 2.32. The molecular weight excluding hydrogens is 238 g/mol. The quantitative estimate of drug-likeness (QED) is 0.907. The van der Waals surface area contributed by atoms with Crippen LogP contribution in [-0.4, -0.2) is 10.1 Å². The molecular formula is C12H13NOS2. The summed E-state index contributed by atoms with van der Waals surface area (Å²) in [7, 11) is 0. The molecule has 0 fully saturated rings. The Morgan fingerprint density at radius 2 is 1.94 bits per heavy atom. The Bertz CT molecular complexity index is 457. The summed E-state index contributed by atoms with van der Waals surface area (Å²) in [6, 6.07) is 7.91. The summed E-state index contributed by atoms with van der Waals surface area (Å²) in [6.07, 6.45) is 0. The largest absolute Gasteiger partial charge is 0.392 e. The van der Waals surface area contributed by atoms with Crippen LogP contribution in [0.1, 0.15) is 16.1 Å². The minimum Gasteiger partial charge on any atom is -0.392 e. The van der Waals surface area contributed by atoms with E-state index in [1.807, 2.05) is 31.2 Å². The van der Waals surface area contributed by atoms with E-state index in [0.29, 0.717) is 0 Å². The van der Waals surface area contributed by atoms with Crippen molar-refractivity contribution in [2.24, 2.45) is 0 Å². The molecule has 1 heterocycles. The van der Waals surface area contributed by atoms with Crippen molar-refractivity contribution >= 4 is 23.1 Å². The van der Waals surface area contributed by atoms with E-state index in [4.69, 9.17) is 5.11 Å². The van der Waals surface area contributed by atoms with E-state index in [1.165, 1.54) is 4.88 Å². The predicted molar refractivity (Wildman–Crippen MR) is 68.1 cm³/mol. The fourth-order valence-electron chi connectivity index (χ4n) is 1.25. The monoisotopic (exact) mass is 251 g/mol. The van der Waals surface area contributed by atoms with E-state index in [0.717, 1.165) is 20.5 Å². The summed E-state index contributed by atoms with van der Waals surface area (Å²) < 4.78 is 1.08. The third-order valence-corrected chi connectivity index (χ3v) is 4.46. The number of hydrogen-bond acceptors (Lipinski definition) is 4. The van der Waals surface area contributed by atoms with E-state index in [2.05, 4.69) is 11.9 Å². The van der Waals surface area contributed by atoms with Crippen LogP contribution in [0, 0.1) is 13.8 Å². The Morgan fingerprint density at radius 3 is 2.44 bits per heavy atom. The van der Waals surface area contributed by atoms with E-state index in [1.54, 1.807) is 23.1 Å². The van der Waals surface area contributed by atoms with Crippen molar-refractivity contribution in [3.63, 3.8) is 0 Å². The van der Waals surface area contributed by atoms with Gasteiger partial charge in [0.2, 0.25) is 0 Å². The Morgan fingerprint density at radius 1 is 1.25 bits per heavy atom. The molecule has 84 valence electrons. The molecule has 0 aliphatic carbocycles. The number of rotatable bonds is 3. The highest BCUT2D eigenvalue weighted by Gasteiger charge is 2.05. The summed E-state index contributed by atoms with van der Waals surface area (Å²) in [6.45, 7) is 4.22. The maximum Gasteiger partial charge on any atom is 0.155 e. The van der Waals surface area contributed by atoms with Crippen LogP contribution in [-0.2, 0) is 6.61 Å². The molecule has 1 N–H and O–H groups in total. The molecule has 2 aromatic rings. The van der Waals surface area contributed by atoms with Gasteiger partial charge in [-0.1, -0.05) is 23.9 Å². The van der Waals surface area contributed by atoms with Crippen molar-refractivity contribution in [2.45, 2.75) is 29.7 Å². The molecule has 0 saturated heterocycles. The topological polar surface area (TPSA) is 33.1 Å². The lowest BCUT2D eigenvalue weighted by atomic mass is 10.2. The molecule has 0 amide bonds. The first-order valence-corrected chi connectivity index (χ1v) is 6.64. The predicted octanol–water partition coefficient (Wildman–Crippen LogP) is 3.40. The Kier molecular flexibility index (Phi) is 3.63. The maximum absolute atomic E-state index is 8.94. The van der Waals surface area contributed by atoms with Gasteiger partial charge in [0.05, 0.1) is 12.3 Å². The van der Waals surface area contributed by atoms with Gasteiger partial charge in [-0.2, -0.15) is 0 Å². The second kappa shape index (κ2) is 4.99. The summed E-state index contributed by atoms with van der Waals surface area (Å²) in [5, 5.41) is 8.94.